The monoisotopic (exact) mass is 221 g/mol. The van der Waals surface area contributed by atoms with Crippen LogP contribution in [-0.4, -0.2) is 10.4 Å². The summed E-state index contributed by atoms with van der Waals surface area (Å²) in [6, 6.07) is 1.94. The van der Waals surface area contributed by atoms with Crippen molar-refractivity contribution in [3.8, 4) is 0 Å². The maximum atomic E-state index is 11.8. The first-order valence-corrected chi connectivity index (χ1v) is 6.18. The summed E-state index contributed by atoms with van der Waals surface area (Å²) in [7, 11) is 0. The van der Waals surface area contributed by atoms with Crippen molar-refractivity contribution in [1.29, 1.82) is 0 Å². The number of hydrogen-bond donors (Lipinski definition) is 0. The Labute approximate surface area is 98.7 Å². The second kappa shape index (κ2) is 5.88. The van der Waals surface area contributed by atoms with Crippen molar-refractivity contribution in [3.05, 3.63) is 24.0 Å². The summed E-state index contributed by atoms with van der Waals surface area (Å²) in [5.74, 6) is 1.40. The van der Waals surface area contributed by atoms with E-state index < -0.39 is 0 Å². The number of ketones is 1. The van der Waals surface area contributed by atoms with Crippen LogP contribution in [-0.2, 0) is 6.54 Å². The first kappa shape index (κ1) is 13.0. The lowest BCUT2D eigenvalue weighted by Crippen LogP contribution is -2.03. The molecule has 2 heteroatoms. The average Bonchev–Trinajstić information content (AvgIpc) is 2.61. The van der Waals surface area contributed by atoms with Crippen molar-refractivity contribution in [2.45, 2.75) is 47.1 Å². The van der Waals surface area contributed by atoms with Crippen LogP contribution in [0.5, 0.6) is 0 Å². The molecule has 0 radical (unpaired) electrons. The minimum atomic E-state index is 0.262. The van der Waals surface area contributed by atoms with Crippen LogP contribution in [0.15, 0.2) is 18.5 Å². The third kappa shape index (κ3) is 4.21. The van der Waals surface area contributed by atoms with Gasteiger partial charge in [0.2, 0.25) is 0 Å². The number of rotatable bonds is 6. The average molecular weight is 221 g/mol. The van der Waals surface area contributed by atoms with Gasteiger partial charge in [-0.2, -0.15) is 0 Å². The standard InChI is InChI=1S/C14H23NO/c1-11(2)5-7-15-8-6-13(10-15)14(16)9-12(3)4/h6,8,10-12H,5,7,9H2,1-4H3. The Bertz CT molecular complexity index is 336. The van der Waals surface area contributed by atoms with Crippen LogP contribution in [0.3, 0.4) is 0 Å². The van der Waals surface area contributed by atoms with Crippen LogP contribution >= 0.6 is 0 Å². The topological polar surface area (TPSA) is 22.0 Å². The SMILES string of the molecule is CC(C)CCn1ccc(C(=O)CC(C)C)c1. The Morgan fingerprint density at radius 1 is 1.25 bits per heavy atom. The van der Waals surface area contributed by atoms with Gasteiger partial charge in [0.25, 0.3) is 0 Å². The molecule has 0 saturated carbocycles. The highest BCUT2D eigenvalue weighted by Crippen LogP contribution is 2.11. The van der Waals surface area contributed by atoms with Crippen LogP contribution in [0.1, 0.15) is 50.9 Å². The van der Waals surface area contributed by atoms with Crippen molar-refractivity contribution in [2.75, 3.05) is 0 Å². The Hall–Kier alpha value is -1.05. The molecule has 0 N–H and O–H groups in total. The number of carbonyl (C=O) groups is 1. The van der Waals surface area contributed by atoms with Gasteiger partial charge in [0, 0.05) is 30.9 Å². The number of carbonyl (C=O) groups excluding carboxylic acids is 1. The van der Waals surface area contributed by atoms with E-state index in [2.05, 4.69) is 32.3 Å². The third-order valence-corrected chi connectivity index (χ3v) is 2.63. The molecule has 0 saturated heterocycles. The van der Waals surface area contributed by atoms with Crippen LogP contribution in [0.2, 0.25) is 0 Å². The second-order valence-electron chi connectivity index (χ2n) is 5.34. The van der Waals surface area contributed by atoms with Crippen molar-refractivity contribution in [3.63, 3.8) is 0 Å². The summed E-state index contributed by atoms with van der Waals surface area (Å²) in [5.41, 5.74) is 0.859. The molecule has 0 unspecified atom stereocenters. The molecule has 0 atom stereocenters. The van der Waals surface area contributed by atoms with E-state index in [0.717, 1.165) is 18.5 Å². The molecule has 16 heavy (non-hydrogen) atoms. The zero-order valence-corrected chi connectivity index (χ0v) is 10.9. The molecule has 0 fully saturated rings. The van der Waals surface area contributed by atoms with Gasteiger partial charge in [-0.15, -0.1) is 0 Å². The van der Waals surface area contributed by atoms with Gasteiger partial charge in [-0.25, -0.2) is 0 Å². The Morgan fingerprint density at radius 3 is 2.50 bits per heavy atom. The second-order valence-corrected chi connectivity index (χ2v) is 5.34. The van der Waals surface area contributed by atoms with Gasteiger partial charge in [0.1, 0.15) is 0 Å². The van der Waals surface area contributed by atoms with E-state index in [1.807, 2.05) is 18.5 Å². The highest BCUT2D eigenvalue weighted by atomic mass is 16.1. The Morgan fingerprint density at radius 2 is 1.94 bits per heavy atom. The lowest BCUT2D eigenvalue weighted by molar-refractivity contribution is 0.0968. The molecule has 1 aromatic rings. The van der Waals surface area contributed by atoms with Gasteiger partial charge >= 0.3 is 0 Å². The predicted octanol–water partition coefficient (Wildman–Crippen LogP) is 3.76. The van der Waals surface area contributed by atoms with Crippen molar-refractivity contribution in [1.82, 2.24) is 4.57 Å². The number of aryl methyl sites for hydroxylation is 1. The molecule has 2 nitrogen and oxygen atoms in total. The fraction of sp³-hybridized carbons (Fsp3) is 0.643. The summed E-state index contributed by atoms with van der Waals surface area (Å²) in [6.45, 7) is 9.59. The lowest BCUT2D eigenvalue weighted by atomic mass is 10.0. The first-order chi connectivity index (χ1) is 7.49. The molecule has 0 aliphatic heterocycles. The predicted molar refractivity (Wildman–Crippen MR) is 67.7 cm³/mol. The van der Waals surface area contributed by atoms with E-state index in [-0.39, 0.29) is 5.78 Å². The smallest absolute Gasteiger partial charge is 0.164 e. The van der Waals surface area contributed by atoms with Gasteiger partial charge in [0.15, 0.2) is 5.78 Å². The molecular formula is C14H23NO. The van der Waals surface area contributed by atoms with Gasteiger partial charge in [-0.05, 0) is 24.3 Å². The molecule has 0 bridgehead atoms. The summed E-state index contributed by atoms with van der Waals surface area (Å²) >= 11 is 0. The zero-order valence-electron chi connectivity index (χ0n) is 10.9. The number of Topliss-reactive ketones (excluding diaryl/α,β-unsaturated/α-hetero) is 1. The van der Waals surface area contributed by atoms with Gasteiger partial charge < -0.3 is 4.57 Å². The van der Waals surface area contributed by atoms with E-state index in [4.69, 9.17) is 0 Å². The normalized spacial score (nSPS) is 11.4. The van der Waals surface area contributed by atoms with E-state index in [9.17, 15) is 4.79 Å². The van der Waals surface area contributed by atoms with Gasteiger partial charge in [-0.3, -0.25) is 4.79 Å². The highest BCUT2D eigenvalue weighted by Gasteiger charge is 2.09. The highest BCUT2D eigenvalue weighted by molar-refractivity contribution is 5.96. The molecule has 0 aromatic carbocycles. The fourth-order valence-electron chi connectivity index (χ4n) is 1.64. The molecular weight excluding hydrogens is 198 g/mol. The molecule has 0 aliphatic carbocycles. The Kier molecular flexibility index (Phi) is 4.78. The summed E-state index contributed by atoms with van der Waals surface area (Å²) in [4.78, 5) is 11.8. The van der Waals surface area contributed by atoms with Crippen LogP contribution < -0.4 is 0 Å². The largest absolute Gasteiger partial charge is 0.353 e. The van der Waals surface area contributed by atoms with Crippen LogP contribution in [0.4, 0.5) is 0 Å². The first-order valence-electron chi connectivity index (χ1n) is 6.18. The van der Waals surface area contributed by atoms with E-state index >= 15 is 0 Å². The van der Waals surface area contributed by atoms with E-state index in [1.165, 1.54) is 0 Å². The minimum absolute atomic E-state index is 0.262. The molecule has 1 rings (SSSR count). The van der Waals surface area contributed by atoms with E-state index in [1.54, 1.807) is 0 Å². The lowest BCUT2D eigenvalue weighted by Gasteiger charge is -2.05. The minimum Gasteiger partial charge on any atom is -0.353 e. The summed E-state index contributed by atoms with van der Waals surface area (Å²) in [6.07, 6.45) is 5.80. The molecule has 0 amide bonds. The maximum Gasteiger partial charge on any atom is 0.164 e. The number of hydrogen-bond acceptors (Lipinski definition) is 1. The van der Waals surface area contributed by atoms with E-state index in [0.29, 0.717) is 18.3 Å². The number of nitrogens with zero attached hydrogens (tertiary/aromatic N) is 1. The zero-order chi connectivity index (χ0) is 12.1. The molecule has 1 aromatic heterocycles. The van der Waals surface area contributed by atoms with Crippen molar-refractivity contribution < 1.29 is 4.79 Å². The molecule has 0 spiro atoms. The maximum absolute atomic E-state index is 11.8. The van der Waals surface area contributed by atoms with Crippen molar-refractivity contribution >= 4 is 5.78 Å². The van der Waals surface area contributed by atoms with Crippen LogP contribution in [0, 0.1) is 11.8 Å². The van der Waals surface area contributed by atoms with Gasteiger partial charge in [0.05, 0.1) is 0 Å². The third-order valence-electron chi connectivity index (χ3n) is 2.63. The number of aromatic nitrogens is 1. The summed E-state index contributed by atoms with van der Waals surface area (Å²) < 4.78 is 2.12. The molecule has 90 valence electrons. The summed E-state index contributed by atoms with van der Waals surface area (Å²) in [5, 5.41) is 0. The van der Waals surface area contributed by atoms with Gasteiger partial charge in [-0.1, -0.05) is 27.7 Å². The quantitative estimate of drug-likeness (QED) is 0.670. The fourth-order valence-corrected chi connectivity index (χ4v) is 1.64. The van der Waals surface area contributed by atoms with Crippen molar-refractivity contribution in [2.24, 2.45) is 11.8 Å². The van der Waals surface area contributed by atoms with Crippen LogP contribution in [0.25, 0.3) is 0 Å². The molecule has 1 heterocycles. The molecule has 0 aliphatic rings. The Balaban J connectivity index is 2.54.